The highest BCUT2D eigenvalue weighted by atomic mass is 79.9. The van der Waals surface area contributed by atoms with E-state index in [-0.39, 0.29) is 18.4 Å². The highest BCUT2D eigenvalue weighted by molar-refractivity contribution is 9.10. The number of aromatic nitrogens is 2. The maximum atomic E-state index is 12.8. The first kappa shape index (κ1) is 24.6. The van der Waals surface area contributed by atoms with Gasteiger partial charge in [-0.1, -0.05) is 47.3 Å². The molecule has 0 saturated heterocycles. The maximum absolute atomic E-state index is 12.8. The number of fused-ring (bicyclic) bond motifs is 1. The molecule has 0 bridgehead atoms. The summed E-state index contributed by atoms with van der Waals surface area (Å²) in [6.45, 7) is 2.07. The number of Topliss-reactive ketones (excluding diaryl/α,β-unsaturated/α-hetero) is 1. The Labute approximate surface area is 218 Å². The minimum atomic E-state index is -0.704. The van der Waals surface area contributed by atoms with Crippen molar-refractivity contribution in [1.82, 2.24) is 9.97 Å². The number of benzene rings is 1. The Bertz CT molecular complexity index is 1300. The molecule has 0 amide bonds. The van der Waals surface area contributed by atoms with Gasteiger partial charge in [0.25, 0.3) is 0 Å². The number of hydrogen-bond donors (Lipinski definition) is 0. The van der Waals surface area contributed by atoms with Gasteiger partial charge in [-0.2, -0.15) is 0 Å². The van der Waals surface area contributed by atoms with Crippen molar-refractivity contribution in [3.63, 3.8) is 0 Å². The van der Waals surface area contributed by atoms with Gasteiger partial charge in [-0.3, -0.25) is 14.8 Å². The number of carbonyl (C=O) groups is 2. The number of rotatable bonds is 7. The Hall–Kier alpha value is -3.13. The van der Waals surface area contributed by atoms with Crippen molar-refractivity contribution in [1.29, 1.82) is 0 Å². The van der Waals surface area contributed by atoms with Crippen LogP contribution in [0, 0.1) is 5.41 Å². The van der Waals surface area contributed by atoms with Crippen LogP contribution in [0.1, 0.15) is 44.6 Å². The van der Waals surface area contributed by atoms with Crippen molar-refractivity contribution in [3.8, 4) is 11.6 Å². The smallest absolute Gasteiger partial charge is 0.331 e. The van der Waals surface area contributed by atoms with E-state index in [1.54, 1.807) is 25.5 Å². The summed E-state index contributed by atoms with van der Waals surface area (Å²) in [5.74, 6) is 0.943. The molecule has 2 aromatic heterocycles. The molecule has 2 aliphatic carbocycles. The Morgan fingerprint density at radius 2 is 1.89 bits per heavy atom. The van der Waals surface area contributed by atoms with Crippen molar-refractivity contribution in [2.45, 2.75) is 56.3 Å². The summed E-state index contributed by atoms with van der Waals surface area (Å²) in [5.41, 5.74) is 1.22. The first-order valence-electron chi connectivity index (χ1n) is 12.4. The van der Waals surface area contributed by atoms with E-state index in [0.717, 1.165) is 54.2 Å². The summed E-state index contributed by atoms with van der Waals surface area (Å²) in [4.78, 5) is 38.6. The number of nitrogens with zero attached hydrogens (tertiary/aromatic N) is 3. The second-order valence-corrected chi connectivity index (χ2v) is 10.2. The Balaban J connectivity index is 1.36. The fourth-order valence-electron chi connectivity index (χ4n) is 5.19. The molecule has 7 nitrogen and oxygen atoms in total. The van der Waals surface area contributed by atoms with Gasteiger partial charge >= 0.3 is 5.97 Å². The molecule has 0 N–H and O–H groups in total. The molecule has 2 saturated carbocycles. The number of hydrogen-bond acceptors (Lipinski definition) is 7. The Morgan fingerprint density at radius 3 is 2.64 bits per heavy atom. The van der Waals surface area contributed by atoms with Gasteiger partial charge in [-0.15, -0.1) is 0 Å². The third-order valence-corrected chi connectivity index (χ3v) is 7.94. The standard InChI is InChI=1S/C28H28BrN3O4/c1-2-35-27(34)22(32-24-23(29)25(33)28(24)12-4-3-5-13-28)16-18-6-8-20(9-7-18)36-26-21-17-30-14-10-19(21)11-15-31-26/h6-11,14-15,17,22-23H,2-5,12-13,16H2,1H3/t22-,23?/m0/s1. The lowest BCUT2D eigenvalue weighted by molar-refractivity contribution is -0.144. The van der Waals surface area contributed by atoms with E-state index in [1.165, 1.54) is 0 Å². The second kappa shape index (κ2) is 10.5. The van der Waals surface area contributed by atoms with Crippen molar-refractivity contribution < 1.29 is 19.1 Å². The molecule has 1 unspecified atom stereocenters. The van der Waals surface area contributed by atoms with Crippen LogP contribution in [0.25, 0.3) is 10.8 Å². The summed E-state index contributed by atoms with van der Waals surface area (Å²) in [5, 5.41) is 1.83. The fraction of sp³-hybridized carbons (Fsp3) is 0.393. The average molecular weight is 550 g/mol. The van der Waals surface area contributed by atoms with Crippen LogP contribution < -0.4 is 4.74 Å². The number of ketones is 1. The molecule has 8 heteroatoms. The number of ether oxygens (including phenoxy) is 2. The zero-order valence-electron chi connectivity index (χ0n) is 20.2. The lowest BCUT2D eigenvalue weighted by atomic mass is 9.58. The van der Waals surface area contributed by atoms with Crippen LogP contribution in [0.2, 0.25) is 0 Å². The van der Waals surface area contributed by atoms with Gasteiger partial charge in [0.2, 0.25) is 5.88 Å². The van der Waals surface area contributed by atoms with E-state index >= 15 is 0 Å². The van der Waals surface area contributed by atoms with Gasteiger partial charge < -0.3 is 9.47 Å². The summed E-state index contributed by atoms with van der Waals surface area (Å²) in [7, 11) is 0. The van der Waals surface area contributed by atoms with Crippen LogP contribution >= 0.6 is 15.9 Å². The number of esters is 1. The molecule has 2 heterocycles. The first-order valence-corrected chi connectivity index (χ1v) is 13.3. The maximum Gasteiger partial charge on any atom is 0.331 e. The van der Waals surface area contributed by atoms with E-state index in [1.807, 2.05) is 36.4 Å². The van der Waals surface area contributed by atoms with Gasteiger partial charge in [0, 0.05) is 30.7 Å². The number of alkyl halides is 1. The van der Waals surface area contributed by atoms with Crippen molar-refractivity contribution in [2.75, 3.05) is 6.61 Å². The Kier molecular flexibility index (Phi) is 7.14. The molecule has 1 aromatic carbocycles. The first-order chi connectivity index (χ1) is 17.5. The number of pyridine rings is 2. The minimum absolute atomic E-state index is 0.197. The number of aliphatic imine (C=N–C) groups is 1. The van der Waals surface area contributed by atoms with Gasteiger partial charge in [0.05, 0.1) is 17.4 Å². The van der Waals surface area contributed by atoms with E-state index in [4.69, 9.17) is 14.5 Å². The van der Waals surface area contributed by atoms with Gasteiger partial charge in [-0.05, 0) is 55.0 Å². The fourth-order valence-corrected chi connectivity index (χ4v) is 6.18. The highest BCUT2D eigenvalue weighted by Crippen LogP contribution is 2.49. The largest absolute Gasteiger partial charge is 0.464 e. The summed E-state index contributed by atoms with van der Waals surface area (Å²) in [6.07, 6.45) is 10.3. The summed E-state index contributed by atoms with van der Waals surface area (Å²) in [6, 6.07) is 10.7. The van der Waals surface area contributed by atoms with E-state index in [2.05, 4.69) is 25.9 Å². The van der Waals surface area contributed by atoms with Gasteiger partial charge in [0.15, 0.2) is 11.8 Å². The third-order valence-electron chi connectivity index (χ3n) is 7.09. The SMILES string of the molecule is CCOC(=O)[C@H](Cc1ccc(Oc2nccc3ccncc23)cc1)N=C1C(Br)C(=O)C12CCCCC2. The zero-order chi connectivity index (χ0) is 25.1. The molecule has 0 radical (unpaired) electrons. The summed E-state index contributed by atoms with van der Waals surface area (Å²) >= 11 is 3.50. The molecule has 0 aliphatic heterocycles. The molecule has 3 aromatic rings. The van der Waals surface area contributed by atoms with Gasteiger partial charge in [0.1, 0.15) is 10.6 Å². The van der Waals surface area contributed by atoms with E-state index < -0.39 is 16.3 Å². The predicted octanol–water partition coefficient (Wildman–Crippen LogP) is 5.63. The lowest BCUT2D eigenvalue weighted by Gasteiger charge is -2.47. The molecule has 2 atom stereocenters. The normalized spacial score (nSPS) is 20.8. The van der Waals surface area contributed by atoms with Crippen LogP contribution in [0.4, 0.5) is 0 Å². The topological polar surface area (TPSA) is 90.7 Å². The molecule has 2 fully saturated rings. The quantitative estimate of drug-likeness (QED) is 0.280. The lowest BCUT2D eigenvalue weighted by Crippen LogP contribution is -2.61. The summed E-state index contributed by atoms with van der Waals surface area (Å²) < 4.78 is 11.4. The number of carbonyl (C=O) groups excluding carboxylic acids is 2. The molecular weight excluding hydrogens is 522 g/mol. The van der Waals surface area contributed by atoms with Gasteiger partial charge in [-0.25, -0.2) is 9.78 Å². The van der Waals surface area contributed by atoms with Crippen molar-refractivity contribution >= 4 is 44.2 Å². The second-order valence-electron chi connectivity index (χ2n) is 9.31. The number of halogens is 1. The van der Waals surface area contributed by atoms with E-state index in [9.17, 15) is 9.59 Å². The molecule has 1 spiro atoms. The van der Waals surface area contributed by atoms with Crippen molar-refractivity contribution in [2.24, 2.45) is 10.4 Å². The molecule has 5 rings (SSSR count). The van der Waals surface area contributed by atoms with Crippen LogP contribution in [-0.2, 0) is 20.7 Å². The monoisotopic (exact) mass is 549 g/mol. The van der Waals surface area contributed by atoms with E-state index in [0.29, 0.717) is 18.1 Å². The average Bonchev–Trinajstić information content (AvgIpc) is 2.92. The highest BCUT2D eigenvalue weighted by Gasteiger charge is 2.58. The molecule has 186 valence electrons. The minimum Gasteiger partial charge on any atom is -0.464 e. The van der Waals surface area contributed by atoms with Crippen LogP contribution in [0.15, 0.2) is 60.0 Å². The zero-order valence-corrected chi connectivity index (χ0v) is 21.7. The van der Waals surface area contributed by atoms with Crippen LogP contribution in [0.3, 0.4) is 0 Å². The predicted molar refractivity (Wildman–Crippen MR) is 141 cm³/mol. The van der Waals surface area contributed by atoms with Crippen LogP contribution in [0.5, 0.6) is 11.6 Å². The third kappa shape index (κ3) is 4.66. The molecule has 2 aliphatic rings. The molecular formula is C28H28BrN3O4. The van der Waals surface area contributed by atoms with Crippen molar-refractivity contribution in [3.05, 3.63) is 60.6 Å². The Morgan fingerprint density at radius 1 is 1.14 bits per heavy atom. The molecule has 36 heavy (non-hydrogen) atoms. The van der Waals surface area contributed by atoms with Crippen LogP contribution in [-0.4, -0.2) is 44.9 Å².